The van der Waals surface area contributed by atoms with Crippen molar-refractivity contribution in [1.29, 1.82) is 0 Å². The first-order chi connectivity index (χ1) is 11.1. The lowest BCUT2D eigenvalue weighted by Gasteiger charge is -2.09. The van der Waals surface area contributed by atoms with E-state index in [2.05, 4.69) is 15.5 Å². The summed E-state index contributed by atoms with van der Waals surface area (Å²) >= 11 is 0. The molecule has 7 heteroatoms. The van der Waals surface area contributed by atoms with Gasteiger partial charge in [0.15, 0.2) is 0 Å². The van der Waals surface area contributed by atoms with Gasteiger partial charge in [-0.05, 0) is 13.0 Å². The van der Waals surface area contributed by atoms with Gasteiger partial charge in [0.1, 0.15) is 23.3 Å². The van der Waals surface area contributed by atoms with Crippen molar-refractivity contribution in [2.24, 2.45) is 7.05 Å². The summed E-state index contributed by atoms with van der Waals surface area (Å²) in [5.41, 5.74) is 3.60. The summed E-state index contributed by atoms with van der Waals surface area (Å²) in [6.07, 6.45) is 1.73. The molecule has 2 heterocycles. The van der Waals surface area contributed by atoms with Gasteiger partial charge in [-0.2, -0.15) is 10.2 Å². The van der Waals surface area contributed by atoms with Gasteiger partial charge in [0.05, 0.1) is 19.0 Å². The first kappa shape index (κ1) is 15.1. The third-order valence-electron chi connectivity index (χ3n) is 3.77. The molecule has 0 bridgehead atoms. The number of para-hydroxylation sites is 1. The number of rotatable bonds is 5. The largest absolute Gasteiger partial charge is 0.496 e. The quantitative estimate of drug-likeness (QED) is 0.773. The van der Waals surface area contributed by atoms with Crippen LogP contribution in [-0.4, -0.2) is 32.6 Å². The summed E-state index contributed by atoms with van der Waals surface area (Å²) in [4.78, 5) is 12.2. The fraction of sp³-hybridized carbons (Fsp3) is 0.312. The monoisotopic (exact) mass is 313 g/mol. The minimum Gasteiger partial charge on any atom is -0.496 e. The van der Waals surface area contributed by atoms with E-state index in [-0.39, 0.29) is 12.5 Å². The van der Waals surface area contributed by atoms with Crippen LogP contribution in [0.25, 0.3) is 11.0 Å². The molecule has 120 valence electrons. The number of fused-ring (bicyclic) bond motifs is 1. The van der Waals surface area contributed by atoms with Crippen molar-refractivity contribution in [1.82, 2.24) is 24.9 Å². The number of aromatic nitrogens is 4. The van der Waals surface area contributed by atoms with Crippen molar-refractivity contribution in [3.8, 4) is 5.75 Å². The highest BCUT2D eigenvalue weighted by molar-refractivity contribution is 5.81. The molecule has 0 atom stereocenters. The third kappa shape index (κ3) is 2.90. The lowest BCUT2D eigenvalue weighted by atomic mass is 10.2. The Kier molecular flexibility index (Phi) is 4.01. The highest BCUT2D eigenvalue weighted by Crippen LogP contribution is 2.18. The summed E-state index contributed by atoms with van der Waals surface area (Å²) in [6.45, 7) is 2.48. The van der Waals surface area contributed by atoms with Gasteiger partial charge < -0.3 is 10.1 Å². The molecule has 0 saturated carbocycles. The third-order valence-corrected chi connectivity index (χ3v) is 3.77. The van der Waals surface area contributed by atoms with Gasteiger partial charge in [0.25, 0.3) is 0 Å². The first-order valence-corrected chi connectivity index (χ1v) is 7.34. The van der Waals surface area contributed by atoms with Gasteiger partial charge in [-0.15, -0.1) is 0 Å². The maximum Gasteiger partial charge on any atom is 0.242 e. The number of ether oxygens (including phenoxy) is 1. The Bertz CT molecular complexity index is 849. The van der Waals surface area contributed by atoms with Crippen molar-refractivity contribution in [3.63, 3.8) is 0 Å². The summed E-state index contributed by atoms with van der Waals surface area (Å²) < 4.78 is 8.72. The molecule has 23 heavy (non-hydrogen) atoms. The summed E-state index contributed by atoms with van der Waals surface area (Å²) in [5.74, 6) is 0.654. The van der Waals surface area contributed by atoms with Crippen LogP contribution in [0.2, 0.25) is 0 Å². The van der Waals surface area contributed by atoms with Crippen molar-refractivity contribution in [2.75, 3.05) is 7.11 Å². The topological polar surface area (TPSA) is 74.0 Å². The van der Waals surface area contributed by atoms with Crippen molar-refractivity contribution in [2.45, 2.75) is 20.0 Å². The van der Waals surface area contributed by atoms with Crippen LogP contribution in [0.4, 0.5) is 0 Å². The Labute approximate surface area is 133 Å². The highest BCUT2D eigenvalue weighted by atomic mass is 16.5. The molecular formula is C16H19N5O2. The Morgan fingerprint density at radius 2 is 2.13 bits per heavy atom. The van der Waals surface area contributed by atoms with E-state index in [1.807, 2.05) is 38.2 Å². The van der Waals surface area contributed by atoms with Gasteiger partial charge in [0, 0.05) is 19.2 Å². The Morgan fingerprint density at radius 3 is 2.91 bits per heavy atom. The molecule has 0 radical (unpaired) electrons. The number of nitrogens with one attached hydrogen (secondary N) is 1. The van der Waals surface area contributed by atoms with Gasteiger partial charge in [-0.25, -0.2) is 0 Å². The number of carbonyl (C=O) groups excluding carboxylic acids is 1. The molecule has 0 aliphatic rings. The van der Waals surface area contributed by atoms with Gasteiger partial charge >= 0.3 is 0 Å². The van der Waals surface area contributed by atoms with E-state index >= 15 is 0 Å². The Balaban J connectivity index is 1.69. The molecule has 0 aliphatic carbocycles. The SMILES string of the molecule is COc1ccccc1CNC(=O)Cn1ncc2c1c(C)nn2C. The van der Waals surface area contributed by atoms with E-state index in [1.165, 1.54) is 0 Å². The first-order valence-electron chi connectivity index (χ1n) is 7.34. The lowest BCUT2D eigenvalue weighted by Crippen LogP contribution is -2.27. The fourth-order valence-corrected chi connectivity index (χ4v) is 2.67. The molecule has 0 unspecified atom stereocenters. The van der Waals surface area contributed by atoms with Crippen LogP contribution in [0.5, 0.6) is 5.75 Å². The lowest BCUT2D eigenvalue weighted by molar-refractivity contribution is -0.121. The average molecular weight is 313 g/mol. The van der Waals surface area contributed by atoms with Crippen LogP contribution in [-0.2, 0) is 24.9 Å². The summed E-state index contributed by atoms with van der Waals surface area (Å²) in [5, 5.41) is 11.5. The molecule has 3 rings (SSSR count). The normalized spacial score (nSPS) is 10.9. The van der Waals surface area contributed by atoms with Crippen LogP contribution >= 0.6 is 0 Å². The Morgan fingerprint density at radius 1 is 1.35 bits per heavy atom. The van der Waals surface area contributed by atoms with Crippen LogP contribution < -0.4 is 10.1 Å². The number of methoxy groups -OCH3 is 1. The van der Waals surface area contributed by atoms with Crippen LogP contribution in [0, 0.1) is 6.92 Å². The van der Waals surface area contributed by atoms with Crippen LogP contribution in [0.15, 0.2) is 30.5 Å². The van der Waals surface area contributed by atoms with Crippen molar-refractivity contribution >= 4 is 16.9 Å². The summed E-state index contributed by atoms with van der Waals surface area (Å²) in [7, 11) is 3.48. The Hall–Kier alpha value is -2.83. The molecule has 2 aromatic heterocycles. The van der Waals surface area contributed by atoms with Crippen molar-refractivity contribution in [3.05, 3.63) is 41.7 Å². The zero-order chi connectivity index (χ0) is 16.4. The maximum atomic E-state index is 12.2. The molecule has 0 saturated heterocycles. The summed E-state index contributed by atoms with van der Waals surface area (Å²) in [6, 6.07) is 7.61. The average Bonchev–Trinajstić information content (AvgIpc) is 3.08. The highest BCUT2D eigenvalue weighted by Gasteiger charge is 2.14. The van der Waals surface area contributed by atoms with Gasteiger partial charge in [-0.1, -0.05) is 18.2 Å². The number of carbonyl (C=O) groups is 1. The predicted molar refractivity (Wildman–Crippen MR) is 86.1 cm³/mol. The molecule has 1 amide bonds. The van der Waals surface area contributed by atoms with E-state index < -0.39 is 0 Å². The van der Waals surface area contributed by atoms with Crippen LogP contribution in [0.3, 0.4) is 0 Å². The number of benzene rings is 1. The molecule has 3 aromatic rings. The van der Waals surface area contributed by atoms with E-state index in [1.54, 1.807) is 22.7 Å². The van der Waals surface area contributed by atoms with E-state index in [4.69, 9.17) is 4.74 Å². The second-order valence-electron chi connectivity index (χ2n) is 5.33. The van der Waals surface area contributed by atoms with Crippen LogP contribution in [0.1, 0.15) is 11.3 Å². The van der Waals surface area contributed by atoms with E-state index in [0.717, 1.165) is 28.0 Å². The standard InChI is InChI=1S/C16H19N5O2/c1-11-16-13(20(2)19-11)9-18-21(16)10-15(22)17-8-12-6-4-5-7-14(12)23-3/h4-7,9H,8,10H2,1-3H3,(H,17,22). The van der Waals surface area contributed by atoms with E-state index in [9.17, 15) is 4.79 Å². The molecule has 0 spiro atoms. The minimum atomic E-state index is -0.107. The zero-order valence-electron chi connectivity index (χ0n) is 13.4. The molecule has 1 N–H and O–H groups in total. The van der Waals surface area contributed by atoms with Gasteiger partial charge in [-0.3, -0.25) is 14.2 Å². The molecule has 0 fully saturated rings. The van der Waals surface area contributed by atoms with E-state index in [0.29, 0.717) is 6.54 Å². The number of hydrogen-bond acceptors (Lipinski definition) is 4. The maximum absolute atomic E-state index is 12.2. The predicted octanol–water partition coefficient (Wildman–Crippen LogP) is 1.40. The number of hydrogen-bond donors (Lipinski definition) is 1. The van der Waals surface area contributed by atoms with Crippen molar-refractivity contribution < 1.29 is 9.53 Å². The molecule has 1 aromatic carbocycles. The number of amides is 1. The van der Waals surface area contributed by atoms with Gasteiger partial charge in [0.2, 0.25) is 5.91 Å². The fourth-order valence-electron chi connectivity index (χ4n) is 2.67. The number of nitrogens with zero attached hydrogens (tertiary/aromatic N) is 4. The molecular weight excluding hydrogens is 294 g/mol. The minimum absolute atomic E-state index is 0.107. The second-order valence-corrected chi connectivity index (χ2v) is 5.33. The number of aryl methyl sites for hydroxylation is 2. The smallest absolute Gasteiger partial charge is 0.242 e. The molecule has 0 aliphatic heterocycles. The second kappa shape index (κ2) is 6.12. The molecule has 7 nitrogen and oxygen atoms in total. The zero-order valence-corrected chi connectivity index (χ0v) is 13.4.